The van der Waals surface area contributed by atoms with Crippen molar-refractivity contribution < 1.29 is 9.13 Å². The number of ether oxygens (including phenoxy) is 1. The van der Waals surface area contributed by atoms with E-state index in [0.717, 1.165) is 11.4 Å². The van der Waals surface area contributed by atoms with E-state index in [4.69, 9.17) is 16.3 Å². The van der Waals surface area contributed by atoms with E-state index in [0.29, 0.717) is 24.9 Å². The molecule has 0 bridgehead atoms. The van der Waals surface area contributed by atoms with Crippen LogP contribution in [0.25, 0.3) is 0 Å². The summed E-state index contributed by atoms with van der Waals surface area (Å²) in [5, 5.41) is 3.57. The van der Waals surface area contributed by atoms with Gasteiger partial charge in [0.25, 0.3) is 0 Å². The predicted octanol–water partition coefficient (Wildman–Crippen LogP) is 3.95. The van der Waals surface area contributed by atoms with Crippen LogP contribution >= 0.6 is 11.6 Å². The SMILES string of the molecule is CC(C)NCc1cccc(COc2ccc(F)cc2Cl)n1. The minimum Gasteiger partial charge on any atom is -0.486 e. The molecule has 2 rings (SSSR count). The Hall–Kier alpha value is -1.65. The molecular formula is C16H18ClFN2O. The van der Waals surface area contributed by atoms with E-state index < -0.39 is 0 Å². The Kier molecular flexibility index (Phi) is 5.53. The first kappa shape index (κ1) is 15.7. The van der Waals surface area contributed by atoms with Crippen molar-refractivity contribution in [3.8, 4) is 5.75 Å². The van der Waals surface area contributed by atoms with Gasteiger partial charge in [-0.05, 0) is 30.3 Å². The molecule has 1 aromatic carbocycles. The molecule has 3 nitrogen and oxygen atoms in total. The Balaban J connectivity index is 1.98. The van der Waals surface area contributed by atoms with Crippen molar-refractivity contribution in [3.05, 3.63) is 58.6 Å². The molecule has 21 heavy (non-hydrogen) atoms. The Morgan fingerprint density at radius 3 is 2.71 bits per heavy atom. The lowest BCUT2D eigenvalue weighted by atomic mass is 10.3. The summed E-state index contributed by atoms with van der Waals surface area (Å²) in [5.41, 5.74) is 1.76. The highest BCUT2D eigenvalue weighted by atomic mass is 35.5. The predicted molar refractivity (Wildman–Crippen MR) is 82.0 cm³/mol. The third-order valence-corrected chi connectivity index (χ3v) is 3.12. The lowest BCUT2D eigenvalue weighted by molar-refractivity contribution is 0.300. The number of aromatic nitrogens is 1. The average Bonchev–Trinajstić information content (AvgIpc) is 2.45. The minimum atomic E-state index is -0.382. The standard InChI is InChI=1S/C16H18ClFN2O/c1-11(2)19-9-13-4-3-5-14(20-13)10-21-16-7-6-12(18)8-15(16)17/h3-8,11,19H,9-10H2,1-2H3. The highest BCUT2D eigenvalue weighted by Gasteiger charge is 2.05. The van der Waals surface area contributed by atoms with Gasteiger partial charge in [0.2, 0.25) is 0 Å². The Morgan fingerprint density at radius 2 is 2.00 bits per heavy atom. The van der Waals surface area contributed by atoms with Crippen molar-refractivity contribution in [1.29, 1.82) is 0 Å². The maximum Gasteiger partial charge on any atom is 0.138 e. The van der Waals surface area contributed by atoms with Crippen LogP contribution in [0, 0.1) is 5.82 Å². The fraction of sp³-hybridized carbons (Fsp3) is 0.312. The van der Waals surface area contributed by atoms with Crippen molar-refractivity contribution in [2.45, 2.75) is 33.0 Å². The second kappa shape index (κ2) is 7.38. The van der Waals surface area contributed by atoms with Gasteiger partial charge in [0.05, 0.1) is 16.4 Å². The first-order chi connectivity index (χ1) is 10.0. The molecular weight excluding hydrogens is 291 g/mol. The summed E-state index contributed by atoms with van der Waals surface area (Å²) in [7, 11) is 0. The lowest BCUT2D eigenvalue weighted by Crippen LogP contribution is -2.22. The van der Waals surface area contributed by atoms with Gasteiger partial charge in [-0.1, -0.05) is 31.5 Å². The molecule has 0 atom stereocenters. The zero-order valence-electron chi connectivity index (χ0n) is 12.1. The van der Waals surface area contributed by atoms with Crippen molar-refractivity contribution in [2.75, 3.05) is 0 Å². The van der Waals surface area contributed by atoms with E-state index in [1.807, 2.05) is 18.2 Å². The molecule has 0 spiro atoms. The average molecular weight is 309 g/mol. The van der Waals surface area contributed by atoms with Gasteiger partial charge >= 0.3 is 0 Å². The summed E-state index contributed by atoms with van der Waals surface area (Å²) < 4.78 is 18.5. The van der Waals surface area contributed by atoms with Gasteiger partial charge in [0.1, 0.15) is 18.2 Å². The van der Waals surface area contributed by atoms with Gasteiger partial charge in [-0.15, -0.1) is 0 Å². The molecule has 0 amide bonds. The zero-order valence-corrected chi connectivity index (χ0v) is 12.8. The molecule has 0 aliphatic carbocycles. The van der Waals surface area contributed by atoms with Crippen molar-refractivity contribution >= 4 is 11.6 Å². The monoisotopic (exact) mass is 308 g/mol. The van der Waals surface area contributed by atoms with E-state index in [1.165, 1.54) is 18.2 Å². The first-order valence-electron chi connectivity index (χ1n) is 6.80. The van der Waals surface area contributed by atoms with Crippen LogP contribution in [0.15, 0.2) is 36.4 Å². The normalized spacial score (nSPS) is 10.9. The molecule has 1 aromatic heterocycles. The summed E-state index contributed by atoms with van der Waals surface area (Å²) in [6, 6.07) is 10.3. The highest BCUT2D eigenvalue weighted by Crippen LogP contribution is 2.25. The number of hydrogen-bond donors (Lipinski definition) is 1. The molecule has 112 valence electrons. The van der Waals surface area contributed by atoms with E-state index >= 15 is 0 Å². The summed E-state index contributed by atoms with van der Waals surface area (Å²) in [6.07, 6.45) is 0. The highest BCUT2D eigenvalue weighted by molar-refractivity contribution is 6.32. The Bertz CT molecular complexity index is 605. The summed E-state index contributed by atoms with van der Waals surface area (Å²) in [6.45, 7) is 5.18. The molecule has 0 unspecified atom stereocenters. The van der Waals surface area contributed by atoms with Crippen LogP contribution in [0.3, 0.4) is 0 Å². The molecule has 0 aliphatic heterocycles. The zero-order chi connectivity index (χ0) is 15.2. The fourth-order valence-electron chi connectivity index (χ4n) is 1.76. The van der Waals surface area contributed by atoms with E-state index in [2.05, 4.69) is 24.1 Å². The molecule has 1 heterocycles. The smallest absolute Gasteiger partial charge is 0.138 e. The van der Waals surface area contributed by atoms with E-state index in [-0.39, 0.29) is 10.8 Å². The summed E-state index contributed by atoms with van der Waals surface area (Å²) in [5.74, 6) is 0.0674. The number of hydrogen-bond acceptors (Lipinski definition) is 3. The second-order valence-corrected chi connectivity index (χ2v) is 5.43. The number of benzene rings is 1. The van der Waals surface area contributed by atoms with E-state index in [1.54, 1.807) is 0 Å². The second-order valence-electron chi connectivity index (χ2n) is 5.02. The van der Waals surface area contributed by atoms with Gasteiger partial charge in [-0.25, -0.2) is 4.39 Å². The number of rotatable bonds is 6. The summed E-state index contributed by atoms with van der Waals surface area (Å²) in [4.78, 5) is 4.50. The maximum atomic E-state index is 13.0. The van der Waals surface area contributed by atoms with Crippen LogP contribution in [0.2, 0.25) is 5.02 Å². The largest absolute Gasteiger partial charge is 0.486 e. The van der Waals surface area contributed by atoms with Crippen LogP contribution in [-0.2, 0) is 13.2 Å². The topological polar surface area (TPSA) is 34.1 Å². The summed E-state index contributed by atoms with van der Waals surface area (Å²) >= 11 is 5.92. The first-order valence-corrected chi connectivity index (χ1v) is 7.18. The van der Waals surface area contributed by atoms with Crippen molar-refractivity contribution in [2.24, 2.45) is 0 Å². The number of halogens is 2. The molecule has 5 heteroatoms. The van der Waals surface area contributed by atoms with Gasteiger partial charge in [-0.2, -0.15) is 0 Å². The molecule has 0 radical (unpaired) electrons. The quantitative estimate of drug-likeness (QED) is 0.877. The van der Waals surface area contributed by atoms with Crippen LogP contribution in [-0.4, -0.2) is 11.0 Å². The van der Waals surface area contributed by atoms with Crippen LogP contribution < -0.4 is 10.1 Å². The Morgan fingerprint density at radius 1 is 1.24 bits per heavy atom. The number of nitrogens with one attached hydrogen (secondary N) is 1. The fourth-order valence-corrected chi connectivity index (χ4v) is 1.98. The molecule has 2 aromatic rings. The molecule has 0 aliphatic rings. The van der Waals surface area contributed by atoms with Crippen LogP contribution in [0.4, 0.5) is 4.39 Å². The van der Waals surface area contributed by atoms with Gasteiger partial charge < -0.3 is 10.1 Å². The van der Waals surface area contributed by atoms with Crippen LogP contribution in [0.5, 0.6) is 5.75 Å². The molecule has 0 fully saturated rings. The van der Waals surface area contributed by atoms with E-state index in [9.17, 15) is 4.39 Å². The third kappa shape index (κ3) is 4.99. The molecule has 1 N–H and O–H groups in total. The Labute approximate surface area is 129 Å². The van der Waals surface area contributed by atoms with Crippen molar-refractivity contribution in [3.63, 3.8) is 0 Å². The van der Waals surface area contributed by atoms with Gasteiger partial charge in [-0.3, -0.25) is 4.98 Å². The maximum absolute atomic E-state index is 13.0. The number of pyridine rings is 1. The number of nitrogens with zero attached hydrogens (tertiary/aromatic N) is 1. The minimum absolute atomic E-state index is 0.257. The third-order valence-electron chi connectivity index (χ3n) is 2.83. The molecule has 0 saturated heterocycles. The van der Waals surface area contributed by atoms with Crippen LogP contribution in [0.1, 0.15) is 25.2 Å². The van der Waals surface area contributed by atoms with Crippen molar-refractivity contribution in [1.82, 2.24) is 10.3 Å². The molecule has 0 saturated carbocycles. The van der Waals surface area contributed by atoms with Gasteiger partial charge in [0, 0.05) is 12.6 Å². The lowest BCUT2D eigenvalue weighted by Gasteiger charge is -2.10. The van der Waals surface area contributed by atoms with Gasteiger partial charge in [0.15, 0.2) is 0 Å².